The molecule has 0 unspecified atom stereocenters. The van der Waals surface area contributed by atoms with Crippen LogP contribution in [0, 0.1) is 6.92 Å². The van der Waals surface area contributed by atoms with Crippen molar-refractivity contribution in [2.24, 2.45) is 0 Å². The lowest BCUT2D eigenvalue weighted by Crippen LogP contribution is -2.09. The lowest BCUT2D eigenvalue weighted by atomic mass is 10.2. The summed E-state index contributed by atoms with van der Waals surface area (Å²) in [6.45, 7) is 1.97. The molecule has 4 aromatic rings. The van der Waals surface area contributed by atoms with Crippen molar-refractivity contribution < 1.29 is 9.84 Å². The molecule has 4 rings (SSSR count). The summed E-state index contributed by atoms with van der Waals surface area (Å²) in [5, 5.41) is 11.3. The first-order valence-corrected chi connectivity index (χ1v) is 8.97. The molecule has 0 spiro atoms. The molecular formula is C21H17ClN4O2. The van der Waals surface area contributed by atoms with Crippen LogP contribution >= 0.6 is 11.6 Å². The van der Waals surface area contributed by atoms with Gasteiger partial charge < -0.3 is 14.7 Å². The largest absolute Gasteiger partial charge is 0.493 e. The third-order valence-corrected chi connectivity index (χ3v) is 4.84. The average molecular weight is 393 g/mol. The predicted molar refractivity (Wildman–Crippen MR) is 110 cm³/mol. The number of hydrogen-bond donors (Lipinski definition) is 1. The molecule has 7 heteroatoms. The monoisotopic (exact) mass is 392 g/mol. The first-order valence-electron chi connectivity index (χ1n) is 8.60. The fourth-order valence-electron chi connectivity index (χ4n) is 2.77. The Labute approximate surface area is 167 Å². The molecule has 0 aliphatic heterocycles. The standard InChI is InChI=1S/C21H17ClN4O2/c1-13-3-4-15(11-18(13)22)26(2)14-5-7-16(8-6-14)28-21-24-19-12-23-10-9-17(19)20(27)25-21/h3-12H,1-2H3,(H,24,25,27). The molecular weight excluding hydrogens is 376 g/mol. The third kappa shape index (κ3) is 3.54. The van der Waals surface area contributed by atoms with Crippen LogP contribution in [0.25, 0.3) is 10.9 Å². The number of rotatable bonds is 4. The maximum atomic E-state index is 10.0. The predicted octanol–water partition coefficient (Wildman–Crippen LogP) is 5.25. The van der Waals surface area contributed by atoms with Crippen LogP contribution in [0.4, 0.5) is 11.4 Å². The number of halogens is 1. The lowest BCUT2D eigenvalue weighted by Gasteiger charge is -2.20. The van der Waals surface area contributed by atoms with Crippen molar-refractivity contribution in [1.29, 1.82) is 0 Å². The van der Waals surface area contributed by atoms with Crippen molar-refractivity contribution in [3.63, 3.8) is 0 Å². The number of nitrogens with zero attached hydrogens (tertiary/aromatic N) is 4. The van der Waals surface area contributed by atoms with Gasteiger partial charge in [-0.2, -0.15) is 9.97 Å². The molecule has 0 atom stereocenters. The zero-order chi connectivity index (χ0) is 19.7. The van der Waals surface area contributed by atoms with Crippen molar-refractivity contribution in [1.82, 2.24) is 15.0 Å². The molecule has 6 nitrogen and oxygen atoms in total. The number of aromatic nitrogens is 3. The van der Waals surface area contributed by atoms with Crippen LogP contribution in [0.1, 0.15) is 5.56 Å². The van der Waals surface area contributed by atoms with E-state index in [0.717, 1.165) is 22.0 Å². The van der Waals surface area contributed by atoms with E-state index < -0.39 is 0 Å². The van der Waals surface area contributed by atoms with E-state index in [1.807, 2.05) is 61.3 Å². The summed E-state index contributed by atoms with van der Waals surface area (Å²) < 4.78 is 5.69. The highest BCUT2D eigenvalue weighted by Crippen LogP contribution is 2.30. The molecule has 0 bridgehead atoms. The zero-order valence-corrected chi connectivity index (χ0v) is 16.1. The summed E-state index contributed by atoms with van der Waals surface area (Å²) in [5.41, 5.74) is 3.51. The number of ether oxygens (including phenoxy) is 1. The fourth-order valence-corrected chi connectivity index (χ4v) is 2.95. The van der Waals surface area contributed by atoms with Crippen molar-refractivity contribution in [3.05, 3.63) is 71.5 Å². The maximum Gasteiger partial charge on any atom is 0.325 e. The fraction of sp³-hybridized carbons (Fsp3) is 0.0952. The molecule has 0 radical (unpaired) electrons. The van der Waals surface area contributed by atoms with Crippen LogP contribution in [0.15, 0.2) is 60.9 Å². The lowest BCUT2D eigenvalue weighted by molar-refractivity contribution is 0.412. The molecule has 140 valence electrons. The summed E-state index contributed by atoms with van der Waals surface area (Å²) in [4.78, 5) is 14.3. The number of benzene rings is 2. The van der Waals surface area contributed by atoms with Gasteiger partial charge in [-0.3, -0.25) is 4.98 Å². The van der Waals surface area contributed by atoms with Gasteiger partial charge in [-0.05, 0) is 55.0 Å². The van der Waals surface area contributed by atoms with Crippen LogP contribution in [0.3, 0.4) is 0 Å². The van der Waals surface area contributed by atoms with E-state index in [1.54, 1.807) is 18.5 Å². The molecule has 2 aromatic carbocycles. The second kappa shape index (κ2) is 7.32. The van der Waals surface area contributed by atoms with E-state index >= 15 is 0 Å². The molecule has 1 N–H and O–H groups in total. The van der Waals surface area contributed by atoms with Gasteiger partial charge in [0.15, 0.2) is 0 Å². The van der Waals surface area contributed by atoms with Gasteiger partial charge in [0.2, 0.25) is 5.88 Å². The van der Waals surface area contributed by atoms with E-state index in [0.29, 0.717) is 16.7 Å². The Morgan fingerprint density at radius 1 is 1.00 bits per heavy atom. The Hall–Kier alpha value is -3.38. The number of aryl methyl sites for hydroxylation is 1. The first kappa shape index (κ1) is 18.0. The van der Waals surface area contributed by atoms with Gasteiger partial charge in [-0.15, -0.1) is 0 Å². The summed E-state index contributed by atoms with van der Waals surface area (Å²) in [6.07, 6.45) is 3.12. The summed E-state index contributed by atoms with van der Waals surface area (Å²) in [6, 6.07) is 15.1. The SMILES string of the molecule is Cc1ccc(N(C)c2ccc(Oc3nc(O)c4ccncc4n3)cc2)cc1Cl. The van der Waals surface area contributed by atoms with Gasteiger partial charge in [0.1, 0.15) is 5.75 Å². The van der Waals surface area contributed by atoms with Crippen LogP contribution in [-0.4, -0.2) is 27.1 Å². The Morgan fingerprint density at radius 3 is 2.50 bits per heavy atom. The average Bonchev–Trinajstić information content (AvgIpc) is 2.70. The zero-order valence-electron chi connectivity index (χ0n) is 15.3. The Morgan fingerprint density at radius 2 is 1.75 bits per heavy atom. The first-order chi connectivity index (χ1) is 13.5. The van der Waals surface area contributed by atoms with Crippen LogP contribution in [0.2, 0.25) is 5.02 Å². The van der Waals surface area contributed by atoms with Crippen LogP contribution in [-0.2, 0) is 0 Å². The van der Waals surface area contributed by atoms with E-state index in [4.69, 9.17) is 16.3 Å². The molecule has 0 aliphatic carbocycles. The Bertz CT molecular complexity index is 1150. The number of fused-ring (bicyclic) bond motifs is 1. The van der Waals surface area contributed by atoms with Crippen molar-refractivity contribution in [3.8, 4) is 17.6 Å². The summed E-state index contributed by atoms with van der Waals surface area (Å²) in [7, 11) is 1.97. The van der Waals surface area contributed by atoms with Crippen LogP contribution < -0.4 is 9.64 Å². The highest BCUT2D eigenvalue weighted by atomic mass is 35.5. The van der Waals surface area contributed by atoms with Gasteiger partial charge in [-0.1, -0.05) is 17.7 Å². The second-order valence-corrected chi connectivity index (χ2v) is 6.72. The van der Waals surface area contributed by atoms with E-state index in [2.05, 4.69) is 15.0 Å². The normalized spacial score (nSPS) is 10.8. The highest BCUT2D eigenvalue weighted by Gasteiger charge is 2.10. The number of hydrogen-bond acceptors (Lipinski definition) is 6. The minimum Gasteiger partial charge on any atom is -0.493 e. The summed E-state index contributed by atoms with van der Waals surface area (Å²) >= 11 is 6.23. The second-order valence-electron chi connectivity index (χ2n) is 6.31. The minimum atomic E-state index is -0.144. The molecule has 2 heterocycles. The molecule has 0 saturated heterocycles. The number of pyridine rings is 1. The number of aromatic hydroxyl groups is 1. The molecule has 0 fully saturated rings. The van der Waals surface area contributed by atoms with Crippen molar-refractivity contribution in [2.45, 2.75) is 6.92 Å². The van der Waals surface area contributed by atoms with Gasteiger partial charge >= 0.3 is 6.01 Å². The third-order valence-electron chi connectivity index (χ3n) is 4.43. The number of anilines is 2. The topological polar surface area (TPSA) is 71.4 Å². The van der Waals surface area contributed by atoms with Gasteiger partial charge in [-0.25, -0.2) is 0 Å². The van der Waals surface area contributed by atoms with Crippen LogP contribution in [0.5, 0.6) is 17.6 Å². The molecule has 0 amide bonds. The Balaban J connectivity index is 1.55. The quantitative estimate of drug-likeness (QED) is 0.511. The van der Waals surface area contributed by atoms with Crippen molar-refractivity contribution >= 4 is 33.9 Å². The smallest absolute Gasteiger partial charge is 0.325 e. The molecule has 2 aromatic heterocycles. The van der Waals surface area contributed by atoms with E-state index in [1.165, 1.54) is 0 Å². The minimum absolute atomic E-state index is 0.0596. The Kier molecular flexibility index (Phi) is 4.71. The molecule has 0 aliphatic rings. The maximum absolute atomic E-state index is 10.0. The highest BCUT2D eigenvalue weighted by molar-refractivity contribution is 6.31. The van der Waals surface area contributed by atoms with Gasteiger partial charge in [0.25, 0.3) is 0 Å². The van der Waals surface area contributed by atoms with E-state index in [-0.39, 0.29) is 11.9 Å². The molecule has 28 heavy (non-hydrogen) atoms. The summed E-state index contributed by atoms with van der Waals surface area (Å²) in [5.74, 6) is 0.414. The van der Waals surface area contributed by atoms with Crippen molar-refractivity contribution in [2.75, 3.05) is 11.9 Å². The van der Waals surface area contributed by atoms with Gasteiger partial charge in [0, 0.05) is 29.6 Å². The van der Waals surface area contributed by atoms with E-state index in [9.17, 15) is 5.11 Å². The molecule has 0 saturated carbocycles. The van der Waals surface area contributed by atoms with Gasteiger partial charge in [0.05, 0.1) is 17.1 Å².